The molecule has 1 saturated carbocycles. The summed E-state index contributed by atoms with van der Waals surface area (Å²) in [4.78, 5) is 28.5. The Hall–Kier alpha value is -3.18. The van der Waals surface area contributed by atoms with Gasteiger partial charge in [0.15, 0.2) is 0 Å². The molecule has 162 valence electrons. The maximum absolute atomic E-state index is 14.9. The monoisotopic (exact) mass is 424 g/mol. The standard InChI is InChI=1S/C23H25FN4O3/c1-13-20(21(25)30)26-22-18-10-14(4-5-23(2,31)6-7-27(3)12-29)19(24)11-17(18)15-8-16(9-15)28(13)22/h10-12,15-16,31H,6-9H2,1-3H3,(H2,25,30). The van der Waals surface area contributed by atoms with Gasteiger partial charge in [-0.05, 0) is 50.3 Å². The summed E-state index contributed by atoms with van der Waals surface area (Å²) < 4.78 is 16.9. The van der Waals surface area contributed by atoms with Crippen molar-refractivity contribution in [3.63, 3.8) is 0 Å². The van der Waals surface area contributed by atoms with Gasteiger partial charge in [-0.15, -0.1) is 0 Å². The molecule has 31 heavy (non-hydrogen) atoms. The van der Waals surface area contributed by atoms with Crippen molar-refractivity contribution in [3.05, 3.63) is 40.5 Å². The molecule has 1 aliphatic carbocycles. The number of hydrogen-bond donors (Lipinski definition) is 2. The lowest BCUT2D eigenvalue weighted by Crippen LogP contribution is -2.29. The molecule has 0 saturated heterocycles. The highest BCUT2D eigenvalue weighted by Crippen LogP contribution is 2.53. The van der Waals surface area contributed by atoms with Gasteiger partial charge in [0, 0.05) is 37.3 Å². The molecule has 8 heteroatoms. The lowest BCUT2D eigenvalue weighted by molar-refractivity contribution is -0.117. The molecule has 1 aromatic heterocycles. The molecule has 7 nitrogen and oxygen atoms in total. The van der Waals surface area contributed by atoms with Gasteiger partial charge < -0.3 is 20.3 Å². The Morgan fingerprint density at radius 3 is 2.84 bits per heavy atom. The summed E-state index contributed by atoms with van der Waals surface area (Å²) in [6, 6.07) is 3.36. The lowest BCUT2D eigenvalue weighted by atomic mass is 9.75. The number of primary amides is 1. The van der Waals surface area contributed by atoms with Gasteiger partial charge in [-0.2, -0.15) is 0 Å². The van der Waals surface area contributed by atoms with Crippen LogP contribution in [0.25, 0.3) is 11.4 Å². The smallest absolute Gasteiger partial charge is 0.269 e. The third kappa shape index (κ3) is 3.70. The van der Waals surface area contributed by atoms with Crippen molar-refractivity contribution in [2.45, 2.75) is 50.7 Å². The van der Waals surface area contributed by atoms with Gasteiger partial charge in [-0.3, -0.25) is 9.59 Å². The fourth-order valence-corrected chi connectivity index (χ4v) is 4.36. The lowest BCUT2D eigenvalue weighted by Gasteiger charge is -2.35. The molecule has 2 aromatic rings. The topological polar surface area (TPSA) is 101 Å². The number of aliphatic hydroxyl groups is 1. The van der Waals surface area contributed by atoms with E-state index >= 15 is 0 Å². The summed E-state index contributed by atoms with van der Waals surface area (Å²) in [6.07, 6.45) is 2.63. The predicted molar refractivity (Wildman–Crippen MR) is 113 cm³/mol. The minimum Gasteiger partial charge on any atom is -0.378 e. The quantitative estimate of drug-likeness (QED) is 0.567. The van der Waals surface area contributed by atoms with Gasteiger partial charge in [-0.25, -0.2) is 9.37 Å². The van der Waals surface area contributed by atoms with Gasteiger partial charge in [-0.1, -0.05) is 11.8 Å². The fourth-order valence-electron chi connectivity index (χ4n) is 4.36. The molecule has 1 aromatic carbocycles. The summed E-state index contributed by atoms with van der Waals surface area (Å²) in [6.45, 7) is 3.68. The van der Waals surface area contributed by atoms with Gasteiger partial charge in [0.25, 0.3) is 5.91 Å². The second-order valence-corrected chi connectivity index (χ2v) is 8.71. The van der Waals surface area contributed by atoms with E-state index in [1.807, 2.05) is 11.5 Å². The minimum absolute atomic E-state index is 0.148. The van der Waals surface area contributed by atoms with Crippen LogP contribution in [-0.2, 0) is 4.79 Å². The summed E-state index contributed by atoms with van der Waals surface area (Å²) in [5, 5.41) is 10.5. The third-order valence-electron chi connectivity index (χ3n) is 6.28. The Kier molecular flexibility index (Phi) is 5.10. The molecule has 5 rings (SSSR count). The van der Waals surface area contributed by atoms with Crippen LogP contribution in [0.4, 0.5) is 4.39 Å². The summed E-state index contributed by atoms with van der Waals surface area (Å²) in [5.74, 6) is 5.27. The van der Waals surface area contributed by atoms with Crippen LogP contribution >= 0.6 is 0 Å². The molecule has 1 atom stereocenters. The van der Waals surface area contributed by atoms with E-state index in [9.17, 15) is 19.1 Å². The highest BCUT2D eigenvalue weighted by molar-refractivity contribution is 5.93. The average Bonchev–Trinajstić information content (AvgIpc) is 2.88. The Morgan fingerprint density at radius 1 is 1.48 bits per heavy atom. The van der Waals surface area contributed by atoms with Crippen LogP contribution in [0.2, 0.25) is 0 Å². The number of amides is 2. The maximum atomic E-state index is 14.9. The first-order valence-electron chi connectivity index (χ1n) is 10.2. The molecule has 1 fully saturated rings. The van der Waals surface area contributed by atoms with Gasteiger partial charge >= 0.3 is 0 Å². The van der Waals surface area contributed by atoms with E-state index in [2.05, 4.69) is 16.8 Å². The zero-order chi connectivity index (χ0) is 22.5. The molecular formula is C23H25FN4O3. The zero-order valence-corrected chi connectivity index (χ0v) is 17.8. The van der Waals surface area contributed by atoms with Crippen LogP contribution in [0.15, 0.2) is 12.1 Å². The number of nitrogens with zero attached hydrogens (tertiary/aromatic N) is 3. The highest BCUT2D eigenvalue weighted by Gasteiger charge is 2.40. The maximum Gasteiger partial charge on any atom is 0.269 e. The number of halogens is 1. The van der Waals surface area contributed by atoms with Crippen LogP contribution in [0.1, 0.15) is 65.5 Å². The molecule has 2 aliphatic heterocycles. The molecule has 0 radical (unpaired) electrons. The molecule has 1 unspecified atom stereocenters. The number of aromatic nitrogens is 2. The second kappa shape index (κ2) is 7.50. The zero-order valence-electron chi connectivity index (χ0n) is 17.8. The first kappa shape index (κ1) is 21.1. The van der Waals surface area contributed by atoms with Crippen molar-refractivity contribution >= 4 is 12.3 Å². The Balaban J connectivity index is 1.75. The normalized spacial score (nSPS) is 20.2. The van der Waals surface area contributed by atoms with E-state index in [0.29, 0.717) is 18.8 Å². The van der Waals surface area contributed by atoms with E-state index in [-0.39, 0.29) is 29.6 Å². The highest BCUT2D eigenvalue weighted by atomic mass is 19.1. The Labute approximate surface area is 180 Å². The van der Waals surface area contributed by atoms with E-state index in [0.717, 1.165) is 29.7 Å². The molecule has 2 amide bonds. The number of nitrogens with two attached hydrogens (primary N) is 1. The van der Waals surface area contributed by atoms with Gasteiger partial charge in [0.05, 0.1) is 5.56 Å². The number of hydrogen-bond acceptors (Lipinski definition) is 4. The van der Waals surface area contributed by atoms with Crippen molar-refractivity contribution in [1.29, 1.82) is 0 Å². The Bertz CT molecular complexity index is 1140. The minimum atomic E-state index is -1.38. The molecular weight excluding hydrogens is 399 g/mol. The predicted octanol–water partition coefficient (Wildman–Crippen LogP) is 2.11. The summed E-state index contributed by atoms with van der Waals surface area (Å²) in [7, 11) is 1.61. The SMILES string of the molecule is Cc1c(C(N)=O)nc2n1C1CC(C1)c1cc(F)c(C#CC(C)(O)CCN(C)C=O)cc1-2. The van der Waals surface area contributed by atoms with E-state index < -0.39 is 17.3 Å². The number of rotatable bonds is 5. The number of benzene rings is 1. The van der Waals surface area contributed by atoms with E-state index in [1.54, 1.807) is 13.1 Å². The van der Waals surface area contributed by atoms with Crippen molar-refractivity contribution < 1.29 is 19.1 Å². The first-order valence-corrected chi connectivity index (χ1v) is 10.2. The fraction of sp³-hybridized carbons (Fsp3) is 0.435. The van der Waals surface area contributed by atoms with E-state index in [4.69, 9.17) is 5.73 Å². The number of carbonyl (C=O) groups is 2. The largest absolute Gasteiger partial charge is 0.378 e. The van der Waals surface area contributed by atoms with Crippen molar-refractivity contribution in [1.82, 2.24) is 14.5 Å². The number of carbonyl (C=O) groups excluding carboxylic acids is 2. The molecule has 3 N–H and O–H groups in total. The first-order chi connectivity index (χ1) is 14.6. The van der Waals surface area contributed by atoms with Crippen LogP contribution in [0.3, 0.4) is 0 Å². The second-order valence-electron chi connectivity index (χ2n) is 8.71. The van der Waals surface area contributed by atoms with Crippen LogP contribution in [0, 0.1) is 24.6 Å². The molecule has 3 heterocycles. The Morgan fingerprint density at radius 2 is 2.19 bits per heavy atom. The molecule has 3 aliphatic rings. The van der Waals surface area contributed by atoms with Gasteiger partial charge in [0.2, 0.25) is 6.41 Å². The van der Waals surface area contributed by atoms with E-state index in [1.165, 1.54) is 17.9 Å². The van der Waals surface area contributed by atoms with Crippen molar-refractivity contribution in [2.24, 2.45) is 5.73 Å². The van der Waals surface area contributed by atoms with Crippen LogP contribution in [-0.4, -0.2) is 51.1 Å². The van der Waals surface area contributed by atoms with Crippen LogP contribution < -0.4 is 5.73 Å². The molecule has 2 bridgehead atoms. The van der Waals surface area contributed by atoms with Gasteiger partial charge in [0.1, 0.15) is 22.9 Å². The third-order valence-corrected chi connectivity index (χ3v) is 6.28. The molecule has 0 spiro atoms. The summed E-state index contributed by atoms with van der Waals surface area (Å²) >= 11 is 0. The summed E-state index contributed by atoms with van der Waals surface area (Å²) in [5.41, 5.74) is 6.82. The number of imidazole rings is 1. The average molecular weight is 424 g/mol. The van der Waals surface area contributed by atoms with Crippen molar-refractivity contribution in [2.75, 3.05) is 13.6 Å². The van der Waals surface area contributed by atoms with Crippen molar-refractivity contribution in [3.8, 4) is 23.2 Å². The van der Waals surface area contributed by atoms with Crippen LogP contribution in [0.5, 0.6) is 0 Å².